The molecule has 1 aromatic rings. The van der Waals surface area contributed by atoms with Gasteiger partial charge in [-0.25, -0.2) is 8.78 Å². The van der Waals surface area contributed by atoms with Gasteiger partial charge in [-0.2, -0.15) is 0 Å². The van der Waals surface area contributed by atoms with Crippen molar-refractivity contribution in [2.45, 2.75) is 24.8 Å². The van der Waals surface area contributed by atoms with E-state index in [4.69, 9.17) is 9.84 Å². The zero-order valence-electron chi connectivity index (χ0n) is 11.2. The van der Waals surface area contributed by atoms with Gasteiger partial charge in [0, 0.05) is 13.2 Å². The van der Waals surface area contributed by atoms with Crippen LogP contribution >= 0.6 is 0 Å². The van der Waals surface area contributed by atoms with Crippen molar-refractivity contribution in [3.8, 4) is 0 Å². The summed E-state index contributed by atoms with van der Waals surface area (Å²) in [5, 5.41) is 11.5. The number of carbonyl (C=O) groups excluding carboxylic acids is 1. The van der Waals surface area contributed by atoms with Crippen LogP contribution in [0.25, 0.3) is 0 Å². The number of aliphatic carboxylic acids is 1. The summed E-state index contributed by atoms with van der Waals surface area (Å²) < 4.78 is 31.9. The van der Waals surface area contributed by atoms with Gasteiger partial charge >= 0.3 is 5.97 Å². The van der Waals surface area contributed by atoms with Gasteiger partial charge in [0.15, 0.2) is 0 Å². The van der Waals surface area contributed by atoms with Crippen molar-refractivity contribution in [3.63, 3.8) is 0 Å². The number of ether oxygens (including phenoxy) is 1. The maximum absolute atomic E-state index is 13.6. The third-order valence-electron chi connectivity index (χ3n) is 3.49. The Hall–Kier alpha value is -2.02. The molecule has 0 bridgehead atoms. The summed E-state index contributed by atoms with van der Waals surface area (Å²) in [7, 11) is 0. The van der Waals surface area contributed by atoms with E-state index in [9.17, 15) is 18.4 Å². The van der Waals surface area contributed by atoms with E-state index in [0.717, 1.165) is 18.2 Å². The number of halogens is 2. The Morgan fingerprint density at radius 1 is 1.29 bits per heavy atom. The highest BCUT2D eigenvalue weighted by Crippen LogP contribution is 2.25. The molecule has 114 valence electrons. The molecule has 0 unspecified atom stereocenters. The van der Waals surface area contributed by atoms with E-state index in [1.165, 1.54) is 0 Å². The van der Waals surface area contributed by atoms with Gasteiger partial charge in [0.2, 0.25) is 0 Å². The van der Waals surface area contributed by atoms with Gasteiger partial charge in [0.05, 0.1) is 17.5 Å². The normalized spacial score (nSPS) is 17.2. The first-order valence-corrected chi connectivity index (χ1v) is 6.49. The predicted octanol–water partition coefficient (Wildman–Crippen LogP) is 1.72. The molecule has 0 saturated carbocycles. The summed E-state index contributed by atoms with van der Waals surface area (Å²) in [5.41, 5.74) is -1.44. The molecular formula is C14H15F2NO4. The first-order chi connectivity index (χ1) is 9.92. The Kier molecular flexibility index (Phi) is 4.52. The molecule has 7 heteroatoms. The molecule has 21 heavy (non-hydrogen) atoms. The number of nitrogens with one attached hydrogen (secondary N) is 1. The van der Waals surface area contributed by atoms with Gasteiger partial charge < -0.3 is 15.2 Å². The molecule has 2 rings (SSSR count). The topological polar surface area (TPSA) is 75.6 Å². The fourth-order valence-corrected chi connectivity index (χ4v) is 2.38. The highest BCUT2D eigenvalue weighted by Gasteiger charge is 2.37. The highest BCUT2D eigenvalue weighted by molar-refractivity contribution is 5.95. The van der Waals surface area contributed by atoms with Gasteiger partial charge in [-0.05, 0) is 31.0 Å². The molecule has 5 nitrogen and oxygen atoms in total. The lowest BCUT2D eigenvalue weighted by Gasteiger charge is -2.36. The Labute approximate surface area is 119 Å². The lowest BCUT2D eigenvalue weighted by molar-refractivity contribution is -0.139. The number of carbonyl (C=O) groups is 2. The number of carboxylic acid groups (broad SMARTS) is 1. The Bertz CT molecular complexity index is 556. The molecule has 0 radical (unpaired) electrons. The molecule has 2 N–H and O–H groups in total. The Morgan fingerprint density at radius 3 is 2.57 bits per heavy atom. The van der Waals surface area contributed by atoms with Crippen LogP contribution in [0.3, 0.4) is 0 Å². The average Bonchev–Trinajstić information content (AvgIpc) is 2.41. The van der Waals surface area contributed by atoms with Crippen LogP contribution in [0.15, 0.2) is 18.2 Å². The van der Waals surface area contributed by atoms with Crippen molar-refractivity contribution in [1.82, 2.24) is 5.32 Å². The van der Waals surface area contributed by atoms with Crippen molar-refractivity contribution < 1.29 is 28.2 Å². The van der Waals surface area contributed by atoms with E-state index >= 15 is 0 Å². The molecular weight excluding hydrogens is 284 g/mol. The third kappa shape index (κ3) is 3.75. The molecule has 1 heterocycles. The first kappa shape index (κ1) is 15.4. The quantitative estimate of drug-likeness (QED) is 0.887. The lowest BCUT2D eigenvalue weighted by Crippen LogP contribution is -2.53. The Morgan fingerprint density at radius 2 is 1.95 bits per heavy atom. The minimum atomic E-state index is -1.07. The second kappa shape index (κ2) is 6.17. The summed E-state index contributed by atoms with van der Waals surface area (Å²) in [6.45, 7) is 0.610. The van der Waals surface area contributed by atoms with Crippen LogP contribution in [0.2, 0.25) is 0 Å². The Balaban J connectivity index is 2.21. The average molecular weight is 299 g/mol. The molecule has 1 fully saturated rings. The SMILES string of the molecule is O=C(O)CC1(NC(=O)c2cc(F)ccc2F)CCOCC1. The van der Waals surface area contributed by atoms with Crippen molar-refractivity contribution in [3.05, 3.63) is 35.4 Å². The van der Waals surface area contributed by atoms with E-state index < -0.39 is 34.6 Å². The van der Waals surface area contributed by atoms with Crippen LogP contribution in [-0.2, 0) is 9.53 Å². The van der Waals surface area contributed by atoms with Crippen LogP contribution in [0, 0.1) is 11.6 Å². The maximum atomic E-state index is 13.6. The largest absolute Gasteiger partial charge is 0.481 e. The summed E-state index contributed by atoms with van der Waals surface area (Å²) in [6, 6.07) is 2.56. The van der Waals surface area contributed by atoms with Gasteiger partial charge in [-0.1, -0.05) is 0 Å². The van der Waals surface area contributed by atoms with E-state index in [2.05, 4.69) is 5.32 Å². The van der Waals surface area contributed by atoms with Gasteiger partial charge in [0.25, 0.3) is 5.91 Å². The fraction of sp³-hybridized carbons (Fsp3) is 0.429. The minimum absolute atomic E-state index is 0.293. The standard InChI is InChI=1S/C14H15F2NO4/c15-9-1-2-11(16)10(7-9)13(20)17-14(8-12(18)19)3-5-21-6-4-14/h1-2,7H,3-6,8H2,(H,17,20)(H,18,19). The van der Waals surface area contributed by atoms with Crippen molar-refractivity contribution in [2.24, 2.45) is 0 Å². The predicted molar refractivity (Wildman–Crippen MR) is 68.9 cm³/mol. The molecule has 0 aliphatic carbocycles. The van der Waals surface area contributed by atoms with E-state index in [-0.39, 0.29) is 6.42 Å². The molecule has 1 aromatic carbocycles. The molecule has 0 aromatic heterocycles. The number of carboxylic acids is 1. The van der Waals surface area contributed by atoms with Gasteiger partial charge in [-0.3, -0.25) is 9.59 Å². The molecule has 1 saturated heterocycles. The summed E-state index contributed by atoms with van der Waals surface area (Å²) >= 11 is 0. The van der Waals surface area contributed by atoms with E-state index in [1.54, 1.807) is 0 Å². The first-order valence-electron chi connectivity index (χ1n) is 6.49. The maximum Gasteiger partial charge on any atom is 0.305 e. The summed E-state index contributed by atoms with van der Waals surface area (Å²) in [5.74, 6) is -3.49. The summed E-state index contributed by atoms with van der Waals surface area (Å²) in [4.78, 5) is 23.1. The number of hydrogen-bond donors (Lipinski definition) is 2. The second-order valence-corrected chi connectivity index (χ2v) is 5.04. The summed E-state index contributed by atoms with van der Waals surface area (Å²) in [6.07, 6.45) is 0.322. The molecule has 0 atom stereocenters. The smallest absolute Gasteiger partial charge is 0.305 e. The van der Waals surface area contributed by atoms with Crippen LogP contribution in [0.4, 0.5) is 8.78 Å². The van der Waals surface area contributed by atoms with Crippen LogP contribution < -0.4 is 5.32 Å². The number of rotatable bonds is 4. The monoisotopic (exact) mass is 299 g/mol. The van der Waals surface area contributed by atoms with Gasteiger partial charge in [0.1, 0.15) is 11.6 Å². The number of hydrogen-bond acceptors (Lipinski definition) is 3. The van der Waals surface area contributed by atoms with Gasteiger partial charge in [-0.15, -0.1) is 0 Å². The molecule has 0 spiro atoms. The van der Waals surface area contributed by atoms with Crippen LogP contribution in [-0.4, -0.2) is 35.7 Å². The highest BCUT2D eigenvalue weighted by atomic mass is 19.1. The molecule has 1 amide bonds. The zero-order chi connectivity index (χ0) is 15.5. The second-order valence-electron chi connectivity index (χ2n) is 5.04. The fourth-order valence-electron chi connectivity index (χ4n) is 2.38. The number of amides is 1. The van der Waals surface area contributed by atoms with Crippen LogP contribution in [0.5, 0.6) is 0 Å². The molecule has 1 aliphatic heterocycles. The third-order valence-corrected chi connectivity index (χ3v) is 3.49. The lowest BCUT2D eigenvalue weighted by atomic mass is 9.86. The van der Waals surface area contributed by atoms with E-state index in [0.29, 0.717) is 26.1 Å². The van der Waals surface area contributed by atoms with Crippen molar-refractivity contribution in [2.75, 3.05) is 13.2 Å². The molecule has 1 aliphatic rings. The minimum Gasteiger partial charge on any atom is -0.481 e. The van der Waals surface area contributed by atoms with Crippen molar-refractivity contribution >= 4 is 11.9 Å². The van der Waals surface area contributed by atoms with E-state index in [1.807, 2.05) is 0 Å². The number of benzene rings is 1. The van der Waals surface area contributed by atoms with Crippen molar-refractivity contribution in [1.29, 1.82) is 0 Å². The van der Waals surface area contributed by atoms with Crippen LogP contribution in [0.1, 0.15) is 29.6 Å². The zero-order valence-corrected chi connectivity index (χ0v) is 11.2.